The molecule has 1 heterocycles. The molecule has 0 saturated carbocycles. The van der Waals surface area contributed by atoms with Crippen LogP contribution in [0.5, 0.6) is 0 Å². The quantitative estimate of drug-likeness (QED) is 0.412. The Balaban J connectivity index is 2.09. The van der Waals surface area contributed by atoms with E-state index in [4.69, 9.17) is 0 Å². The number of aryl methyl sites for hydroxylation is 3. The number of carbonyl (C=O) groups is 1. The van der Waals surface area contributed by atoms with E-state index in [1.807, 2.05) is 32.0 Å². The zero-order valence-corrected chi connectivity index (χ0v) is 20.6. The van der Waals surface area contributed by atoms with Crippen LogP contribution in [0.1, 0.15) is 43.5 Å². The van der Waals surface area contributed by atoms with Crippen LogP contribution < -0.4 is 5.32 Å². The van der Waals surface area contributed by atoms with Crippen molar-refractivity contribution in [2.75, 3.05) is 0 Å². The summed E-state index contributed by atoms with van der Waals surface area (Å²) in [4.78, 5) is 14.7. The van der Waals surface area contributed by atoms with Crippen molar-refractivity contribution < 1.29 is 4.79 Å². The average molecular weight is 434 g/mol. The summed E-state index contributed by atoms with van der Waals surface area (Å²) in [5.41, 5.74) is 5.13. The molecule has 0 radical (unpaired) electrons. The Morgan fingerprint density at radius 2 is 1.60 bits per heavy atom. The van der Waals surface area contributed by atoms with E-state index in [-0.39, 0.29) is 11.9 Å². The molecule has 30 heavy (non-hydrogen) atoms. The Bertz CT molecular complexity index is 1020. The molecule has 1 amide bonds. The van der Waals surface area contributed by atoms with Gasteiger partial charge < -0.3 is 5.32 Å². The molecule has 2 nitrogen and oxygen atoms in total. The fourth-order valence-corrected chi connectivity index (χ4v) is 6.45. The van der Waals surface area contributed by atoms with Gasteiger partial charge in [-0.3, -0.25) is 4.79 Å². The number of carbonyl (C=O) groups excluding carboxylic acids is 1. The molecule has 3 rings (SSSR count). The summed E-state index contributed by atoms with van der Waals surface area (Å²) in [6, 6.07) is 18.6. The molecule has 0 fully saturated rings. The Kier molecular flexibility index (Phi) is 6.79. The highest BCUT2D eigenvalue weighted by Crippen LogP contribution is 2.33. The summed E-state index contributed by atoms with van der Waals surface area (Å²) in [6.07, 6.45) is 2.30. The van der Waals surface area contributed by atoms with Crippen LogP contribution in [-0.4, -0.2) is 14.0 Å². The molecule has 0 aliphatic heterocycles. The van der Waals surface area contributed by atoms with Crippen LogP contribution in [-0.2, 0) is 0 Å². The molecule has 1 unspecified atom stereocenters. The van der Waals surface area contributed by atoms with Gasteiger partial charge in [0.25, 0.3) is 5.91 Å². The summed E-state index contributed by atoms with van der Waals surface area (Å²) in [5.74, 6) is -0.00539. The van der Waals surface area contributed by atoms with Gasteiger partial charge in [0, 0.05) is 10.4 Å². The van der Waals surface area contributed by atoms with Crippen LogP contribution in [0, 0.1) is 20.8 Å². The van der Waals surface area contributed by atoms with E-state index in [1.165, 1.54) is 15.6 Å². The van der Waals surface area contributed by atoms with E-state index in [2.05, 4.69) is 79.7 Å². The predicted octanol–water partition coefficient (Wildman–Crippen LogP) is 7.11. The van der Waals surface area contributed by atoms with Gasteiger partial charge in [-0.25, -0.2) is 0 Å². The summed E-state index contributed by atoms with van der Waals surface area (Å²) in [7, 11) is -1.74. The fourth-order valence-electron chi connectivity index (χ4n) is 3.99. The first-order valence-corrected chi connectivity index (χ1v) is 14.7. The summed E-state index contributed by atoms with van der Waals surface area (Å²) in [6.45, 7) is 13.1. The van der Waals surface area contributed by atoms with E-state index in [0.717, 1.165) is 22.3 Å². The number of nitrogens with one attached hydrogen (secondary N) is 1. The maximum absolute atomic E-state index is 13.5. The number of amides is 1. The summed E-state index contributed by atoms with van der Waals surface area (Å²) in [5, 5.41) is 6.83. The predicted molar refractivity (Wildman–Crippen MR) is 133 cm³/mol. The second kappa shape index (κ2) is 9.15. The highest BCUT2D eigenvalue weighted by atomic mass is 32.1. The Morgan fingerprint density at radius 3 is 2.13 bits per heavy atom. The highest BCUT2D eigenvalue weighted by Gasteiger charge is 2.30. The molecule has 0 aliphatic carbocycles. The van der Waals surface area contributed by atoms with E-state index in [9.17, 15) is 4.79 Å². The molecule has 1 atom stereocenters. The summed E-state index contributed by atoms with van der Waals surface area (Å²) < 4.78 is 0. The zero-order valence-electron chi connectivity index (χ0n) is 18.7. The van der Waals surface area contributed by atoms with Crippen molar-refractivity contribution >= 4 is 31.4 Å². The maximum Gasteiger partial charge on any atom is 0.252 e. The number of hydrogen-bond donors (Lipinski definition) is 1. The van der Waals surface area contributed by atoms with Crippen LogP contribution >= 0.6 is 11.3 Å². The largest absolute Gasteiger partial charge is 0.342 e. The number of rotatable bonds is 6. The van der Waals surface area contributed by atoms with Gasteiger partial charge >= 0.3 is 0 Å². The third-order valence-corrected chi connectivity index (χ3v) is 8.31. The molecular weight excluding hydrogens is 402 g/mol. The van der Waals surface area contributed by atoms with Crippen molar-refractivity contribution in [3.63, 3.8) is 0 Å². The van der Waals surface area contributed by atoms with Gasteiger partial charge in [0.05, 0.1) is 14.1 Å². The Morgan fingerprint density at radius 1 is 0.967 bits per heavy atom. The molecule has 4 heteroatoms. The van der Waals surface area contributed by atoms with Gasteiger partial charge in [-0.1, -0.05) is 78.9 Å². The van der Waals surface area contributed by atoms with E-state index < -0.39 is 8.07 Å². The lowest BCUT2D eigenvalue weighted by atomic mass is 9.98. The lowest BCUT2D eigenvalue weighted by Gasteiger charge is -2.31. The van der Waals surface area contributed by atoms with E-state index in [0.29, 0.717) is 0 Å². The van der Waals surface area contributed by atoms with Gasteiger partial charge in [-0.05, 0) is 55.0 Å². The van der Waals surface area contributed by atoms with Gasteiger partial charge in [0.2, 0.25) is 0 Å². The van der Waals surface area contributed by atoms with E-state index in [1.54, 1.807) is 11.3 Å². The average Bonchev–Trinajstić information content (AvgIpc) is 3.17. The Labute approximate surface area is 185 Å². The minimum Gasteiger partial charge on any atom is -0.342 e. The van der Waals surface area contributed by atoms with Crippen molar-refractivity contribution in [3.05, 3.63) is 97.9 Å². The topological polar surface area (TPSA) is 29.1 Å². The van der Waals surface area contributed by atoms with Gasteiger partial charge in [-0.2, -0.15) is 0 Å². The third-order valence-electron chi connectivity index (χ3n) is 5.33. The molecular formula is C26H31NOSSi. The molecule has 0 saturated heterocycles. The standard InChI is InChI=1S/C26H31NOSSi/c1-18-15-19(2)24(20(3)16-18)26(28)27-25(21-11-8-7-9-12-21)23(30(4,5)6)17-22-13-10-14-29-22/h7-17,25H,1-6H3,(H,27,28)/b23-17-. The van der Waals surface area contributed by atoms with Crippen molar-refractivity contribution in [2.45, 2.75) is 46.5 Å². The minimum atomic E-state index is -1.74. The van der Waals surface area contributed by atoms with Crippen molar-refractivity contribution in [1.29, 1.82) is 0 Å². The molecule has 0 bridgehead atoms. The fraction of sp³-hybridized carbons (Fsp3) is 0.269. The van der Waals surface area contributed by atoms with Crippen molar-refractivity contribution in [3.8, 4) is 0 Å². The summed E-state index contributed by atoms with van der Waals surface area (Å²) >= 11 is 1.73. The first kappa shape index (κ1) is 22.3. The molecule has 156 valence electrons. The maximum atomic E-state index is 13.5. The van der Waals surface area contributed by atoms with Crippen LogP contribution in [0.15, 0.2) is 65.2 Å². The third kappa shape index (κ3) is 5.18. The van der Waals surface area contributed by atoms with Gasteiger partial charge in [0.1, 0.15) is 0 Å². The molecule has 3 aromatic rings. The number of thiophene rings is 1. The second-order valence-corrected chi connectivity index (χ2v) is 15.0. The van der Waals surface area contributed by atoms with Gasteiger partial charge in [0.15, 0.2) is 0 Å². The first-order valence-electron chi connectivity index (χ1n) is 10.4. The molecule has 1 aromatic heterocycles. The minimum absolute atomic E-state index is 0.00539. The van der Waals surface area contributed by atoms with Crippen LogP contribution in [0.3, 0.4) is 0 Å². The lowest BCUT2D eigenvalue weighted by molar-refractivity contribution is 0.0942. The molecule has 0 aliphatic rings. The lowest BCUT2D eigenvalue weighted by Crippen LogP contribution is -2.38. The van der Waals surface area contributed by atoms with Crippen LogP contribution in [0.25, 0.3) is 6.08 Å². The van der Waals surface area contributed by atoms with Crippen molar-refractivity contribution in [1.82, 2.24) is 5.32 Å². The molecule has 2 aromatic carbocycles. The highest BCUT2D eigenvalue weighted by molar-refractivity contribution is 7.11. The second-order valence-electron chi connectivity index (χ2n) is 8.96. The van der Waals surface area contributed by atoms with E-state index >= 15 is 0 Å². The smallest absolute Gasteiger partial charge is 0.252 e. The zero-order chi connectivity index (χ0) is 21.9. The van der Waals surface area contributed by atoms with Crippen LogP contribution in [0.4, 0.5) is 0 Å². The normalized spacial score (nSPS) is 13.2. The first-order chi connectivity index (χ1) is 14.2. The monoisotopic (exact) mass is 433 g/mol. The molecule has 0 spiro atoms. The molecule has 1 N–H and O–H groups in total. The number of benzene rings is 2. The SMILES string of the molecule is Cc1cc(C)c(C(=O)NC(/C(=C/c2cccs2)[Si](C)(C)C)c2ccccc2)c(C)c1. The van der Waals surface area contributed by atoms with Crippen molar-refractivity contribution in [2.24, 2.45) is 0 Å². The van der Waals surface area contributed by atoms with Gasteiger partial charge in [-0.15, -0.1) is 11.3 Å². The van der Waals surface area contributed by atoms with Crippen LogP contribution in [0.2, 0.25) is 19.6 Å². The Hall–Kier alpha value is -2.43. The number of hydrogen-bond acceptors (Lipinski definition) is 2.